The van der Waals surface area contributed by atoms with Gasteiger partial charge >= 0.3 is 0 Å². The highest BCUT2D eigenvalue weighted by Crippen LogP contribution is 2.54. The Balaban J connectivity index is 2.07. The Morgan fingerprint density at radius 3 is 2.07 bits per heavy atom. The minimum absolute atomic E-state index is 0.132. The number of hydrogen-bond donors (Lipinski definition) is 2. The average Bonchev–Trinajstić information content (AvgIpc) is 2.10. The van der Waals surface area contributed by atoms with Crippen LogP contribution in [0, 0.1) is 11.3 Å². The smallest absolute Gasteiger partial charge is 0.0725 e. The zero-order valence-corrected chi connectivity index (χ0v) is 9.13. The van der Waals surface area contributed by atoms with Crippen molar-refractivity contribution in [3.63, 3.8) is 0 Å². The lowest BCUT2D eigenvalue weighted by atomic mass is 9.54. The van der Waals surface area contributed by atoms with Crippen LogP contribution in [0.4, 0.5) is 0 Å². The van der Waals surface area contributed by atoms with Gasteiger partial charge in [-0.05, 0) is 44.4 Å². The van der Waals surface area contributed by atoms with Gasteiger partial charge in [0.05, 0.1) is 12.2 Å². The summed E-state index contributed by atoms with van der Waals surface area (Å²) in [5.74, 6) is 0.756. The summed E-state index contributed by atoms with van der Waals surface area (Å²) in [6.45, 7) is 2.43. The highest BCUT2D eigenvalue weighted by Gasteiger charge is 2.53. The topological polar surface area (TPSA) is 40.5 Å². The van der Waals surface area contributed by atoms with E-state index in [0.717, 1.165) is 44.4 Å². The standard InChI is InChI=1S/C12H22O2/c1-10-3-7-12(14,8-4-10)11(9-13)5-2-6-11/h10,13-14H,2-9H2,1H3. The molecule has 0 radical (unpaired) electrons. The molecule has 0 unspecified atom stereocenters. The number of rotatable bonds is 2. The van der Waals surface area contributed by atoms with Gasteiger partial charge in [-0.15, -0.1) is 0 Å². The maximum atomic E-state index is 10.6. The van der Waals surface area contributed by atoms with Crippen LogP contribution in [-0.4, -0.2) is 22.4 Å². The van der Waals surface area contributed by atoms with Crippen LogP contribution in [0.15, 0.2) is 0 Å². The molecular formula is C12H22O2. The molecule has 82 valence electrons. The van der Waals surface area contributed by atoms with Crippen molar-refractivity contribution in [3.8, 4) is 0 Å². The van der Waals surface area contributed by atoms with Crippen molar-refractivity contribution >= 4 is 0 Å². The van der Waals surface area contributed by atoms with E-state index in [9.17, 15) is 10.2 Å². The first kappa shape index (κ1) is 10.4. The molecule has 2 aliphatic rings. The fourth-order valence-corrected chi connectivity index (χ4v) is 3.14. The van der Waals surface area contributed by atoms with E-state index in [-0.39, 0.29) is 12.0 Å². The number of aliphatic hydroxyl groups excluding tert-OH is 1. The molecule has 0 amide bonds. The van der Waals surface area contributed by atoms with Gasteiger partial charge in [-0.1, -0.05) is 13.3 Å². The average molecular weight is 198 g/mol. The summed E-state index contributed by atoms with van der Waals surface area (Å²) >= 11 is 0. The molecule has 0 bridgehead atoms. The number of hydrogen-bond acceptors (Lipinski definition) is 2. The van der Waals surface area contributed by atoms with Crippen molar-refractivity contribution in [2.45, 2.75) is 57.5 Å². The third kappa shape index (κ3) is 1.40. The van der Waals surface area contributed by atoms with E-state index in [2.05, 4.69) is 6.92 Å². The van der Waals surface area contributed by atoms with E-state index in [1.165, 1.54) is 6.42 Å². The summed E-state index contributed by atoms with van der Waals surface area (Å²) in [5, 5.41) is 20.1. The Bertz CT molecular complexity index is 195. The monoisotopic (exact) mass is 198 g/mol. The van der Waals surface area contributed by atoms with Crippen molar-refractivity contribution in [2.75, 3.05) is 6.61 Å². The SMILES string of the molecule is CC1CCC(O)(C2(CO)CCC2)CC1. The second kappa shape index (κ2) is 3.49. The quantitative estimate of drug-likeness (QED) is 0.713. The fourth-order valence-electron chi connectivity index (χ4n) is 3.14. The van der Waals surface area contributed by atoms with Gasteiger partial charge in [0.15, 0.2) is 0 Å². The molecular weight excluding hydrogens is 176 g/mol. The Morgan fingerprint density at radius 2 is 1.71 bits per heavy atom. The van der Waals surface area contributed by atoms with Gasteiger partial charge in [0.1, 0.15) is 0 Å². The lowest BCUT2D eigenvalue weighted by molar-refractivity contribution is -0.171. The van der Waals surface area contributed by atoms with Gasteiger partial charge in [0.2, 0.25) is 0 Å². The molecule has 0 heterocycles. The van der Waals surface area contributed by atoms with Crippen LogP contribution in [0.1, 0.15) is 51.9 Å². The summed E-state index contributed by atoms with van der Waals surface area (Å²) in [5.41, 5.74) is -0.681. The summed E-state index contributed by atoms with van der Waals surface area (Å²) < 4.78 is 0. The lowest BCUT2D eigenvalue weighted by Gasteiger charge is -2.54. The van der Waals surface area contributed by atoms with Crippen LogP contribution >= 0.6 is 0 Å². The molecule has 2 aliphatic carbocycles. The first-order valence-corrected chi connectivity index (χ1v) is 5.95. The highest BCUT2D eigenvalue weighted by molar-refractivity contribution is 5.05. The van der Waals surface area contributed by atoms with Crippen LogP contribution < -0.4 is 0 Å². The van der Waals surface area contributed by atoms with Gasteiger partial charge in [0.25, 0.3) is 0 Å². The van der Waals surface area contributed by atoms with E-state index >= 15 is 0 Å². The van der Waals surface area contributed by atoms with Crippen molar-refractivity contribution in [2.24, 2.45) is 11.3 Å². The predicted molar refractivity (Wildman–Crippen MR) is 56.0 cm³/mol. The predicted octanol–water partition coefficient (Wildman–Crippen LogP) is 2.09. The molecule has 0 aromatic carbocycles. The zero-order chi connectivity index (χ0) is 10.2. The van der Waals surface area contributed by atoms with E-state index < -0.39 is 5.60 Å². The lowest BCUT2D eigenvalue weighted by Crippen LogP contribution is -2.56. The van der Waals surface area contributed by atoms with Crippen LogP contribution in [-0.2, 0) is 0 Å². The van der Waals surface area contributed by atoms with Crippen molar-refractivity contribution in [1.29, 1.82) is 0 Å². The number of aliphatic hydroxyl groups is 2. The van der Waals surface area contributed by atoms with Crippen LogP contribution in [0.3, 0.4) is 0 Å². The zero-order valence-electron chi connectivity index (χ0n) is 9.13. The van der Waals surface area contributed by atoms with Crippen molar-refractivity contribution in [1.82, 2.24) is 0 Å². The van der Waals surface area contributed by atoms with Gasteiger partial charge < -0.3 is 10.2 Å². The van der Waals surface area contributed by atoms with E-state index in [1.54, 1.807) is 0 Å². The molecule has 2 fully saturated rings. The normalized spacial score (nSPS) is 41.8. The van der Waals surface area contributed by atoms with Gasteiger partial charge in [-0.2, -0.15) is 0 Å². The molecule has 0 aliphatic heterocycles. The van der Waals surface area contributed by atoms with Crippen LogP contribution in [0.25, 0.3) is 0 Å². The Morgan fingerprint density at radius 1 is 1.14 bits per heavy atom. The minimum Gasteiger partial charge on any atom is -0.396 e. The van der Waals surface area contributed by atoms with E-state index in [1.807, 2.05) is 0 Å². The highest BCUT2D eigenvalue weighted by atomic mass is 16.3. The molecule has 2 nitrogen and oxygen atoms in total. The maximum absolute atomic E-state index is 10.6. The maximum Gasteiger partial charge on any atom is 0.0725 e. The first-order valence-electron chi connectivity index (χ1n) is 5.95. The molecule has 0 aromatic rings. The molecule has 2 rings (SSSR count). The fraction of sp³-hybridized carbons (Fsp3) is 1.00. The molecule has 0 aromatic heterocycles. The molecule has 2 N–H and O–H groups in total. The van der Waals surface area contributed by atoms with Gasteiger partial charge in [-0.25, -0.2) is 0 Å². The first-order chi connectivity index (χ1) is 6.62. The molecule has 0 saturated heterocycles. The second-order valence-electron chi connectivity index (χ2n) is 5.51. The van der Waals surface area contributed by atoms with Gasteiger partial charge in [0, 0.05) is 5.41 Å². The second-order valence-corrected chi connectivity index (χ2v) is 5.51. The third-order valence-electron chi connectivity index (χ3n) is 4.70. The van der Waals surface area contributed by atoms with Crippen molar-refractivity contribution < 1.29 is 10.2 Å². The minimum atomic E-state index is -0.549. The summed E-state index contributed by atoms with van der Waals surface area (Å²) in [6, 6.07) is 0. The molecule has 0 atom stereocenters. The summed E-state index contributed by atoms with van der Waals surface area (Å²) in [6.07, 6.45) is 7.27. The molecule has 2 heteroatoms. The Labute approximate surface area is 86.3 Å². The largest absolute Gasteiger partial charge is 0.396 e. The Hall–Kier alpha value is -0.0800. The van der Waals surface area contributed by atoms with E-state index in [4.69, 9.17) is 0 Å². The summed E-state index contributed by atoms with van der Waals surface area (Å²) in [7, 11) is 0. The van der Waals surface area contributed by atoms with Crippen LogP contribution in [0.5, 0.6) is 0 Å². The third-order valence-corrected chi connectivity index (χ3v) is 4.70. The van der Waals surface area contributed by atoms with Gasteiger partial charge in [-0.3, -0.25) is 0 Å². The Kier molecular flexibility index (Phi) is 2.61. The summed E-state index contributed by atoms with van der Waals surface area (Å²) in [4.78, 5) is 0. The molecule has 0 spiro atoms. The molecule has 2 saturated carbocycles. The van der Waals surface area contributed by atoms with Crippen LogP contribution in [0.2, 0.25) is 0 Å². The molecule has 14 heavy (non-hydrogen) atoms. The van der Waals surface area contributed by atoms with E-state index in [0.29, 0.717) is 0 Å². The van der Waals surface area contributed by atoms with Crippen molar-refractivity contribution in [3.05, 3.63) is 0 Å².